The summed E-state index contributed by atoms with van der Waals surface area (Å²) in [6.45, 7) is 6.04. The predicted molar refractivity (Wildman–Crippen MR) is 104 cm³/mol. The Labute approximate surface area is 157 Å². The average Bonchev–Trinajstić information content (AvgIpc) is 3.03. The van der Waals surface area contributed by atoms with Crippen molar-refractivity contribution in [2.24, 2.45) is 0 Å². The molecule has 0 unspecified atom stereocenters. The molecule has 0 saturated carbocycles. The third-order valence-electron chi connectivity index (χ3n) is 4.04. The number of pyridine rings is 1. The zero-order valence-electron chi connectivity index (χ0n) is 15.2. The van der Waals surface area contributed by atoms with Crippen molar-refractivity contribution in [1.29, 1.82) is 0 Å². The molecule has 8 heteroatoms. The van der Waals surface area contributed by atoms with E-state index in [-0.39, 0.29) is 0 Å². The van der Waals surface area contributed by atoms with E-state index in [2.05, 4.69) is 24.5 Å². The highest BCUT2D eigenvalue weighted by Crippen LogP contribution is 2.25. The highest BCUT2D eigenvalue weighted by atomic mass is 32.2. The molecule has 0 amide bonds. The van der Waals surface area contributed by atoms with Gasteiger partial charge in [0, 0.05) is 37.5 Å². The first-order chi connectivity index (χ1) is 12.7. The summed E-state index contributed by atoms with van der Waals surface area (Å²) in [6.07, 6.45) is 7.45. The molecule has 0 bridgehead atoms. The number of hydrogen-bond donors (Lipinski definition) is 1. The first-order valence-corrected chi connectivity index (χ1v) is 9.77. The summed E-state index contributed by atoms with van der Waals surface area (Å²) >= 11 is 1.68. The third kappa shape index (κ3) is 4.31. The molecule has 0 aliphatic carbocycles. The fraction of sp³-hybridized carbons (Fsp3) is 0.444. The quantitative estimate of drug-likeness (QED) is 0.350. The van der Waals surface area contributed by atoms with E-state index in [4.69, 9.17) is 10.5 Å². The number of nitrogens with two attached hydrogens (primary N) is 1. The Kier molecular flexibility index (Phi) is 6.40. The van der Waals surface area contributed by atoms with Crippen LogP contribution >= 0.6 is 11.8 Å². The molecular weight excluding hydrogens is 348 g/mol. The van der Waals surface area contributed by atoms with E-state index in [1.165, 1.54) is 0 Å². The second-order valence-corrected chi connectivity index (χ2v) is 6.99. The second kappa shape index (κ2) is 8.95. The van der Waals surface area contributed by atoms with Gasteiger partial charge in [0.2, 0.25) is 0 Å². The van der Waals surface area contributed by atoms with Crippen molar-refractivity contribution in [3.63, 3.8) is 0 Å². The van der Waals surface area contributed by atoms with E-state index in [0.29, 0.717) is 19.0 Å². The van der Waals surface area contributed by atoms with Gasteiger partial charge < -0.3 is 15.0 Å². The molecule has 0 spiro atoms. The Balaban J connectivity index is 1.68. The molecule has 2 N–H and O–H groups in total. The summed E-state index contributed by atoms with van der Waals surface area (Å²) in [5.41, 5.74) is 8.94. The van der Waals surface area contributed by atoms with Gasteiger partial charge in [-0.05, 0) is 38.3 Å². The zero-order valence-corrected chi connectivity index (χ0v) is 16.0. The standard InChI is InChI=1S/C18H24N6OS/c1-3-25-12-14-23-15-16(13(2)11-22-17(15)19)24(14)9-4-5-10-26-18-20-7-6-8-21-18/h6-8,11H,3-5,9-10,12H2,1-2H3,(H2,19,22). The molecule has 3 heterocycles. The monoisotopic (exact) mass is 372 g/mol. The molecule has 0 aliphatic rings. The van der Waals surface area contributed by atoms with E-state index in [1.807, 2.05) is 26.1 Å². The van der Waals surface area contributed by atoms with E-state index < -0.39 is 0 Å². The first kappa shape index (κ1) is 18.6. The largest absolute Gasteiger partial charge is 0.382 e. The number of fused-ring (bicyclic) bond motifs is 1. The summed E-state index contributed by atoms with van der Waals surface area (Å²) in [7, 11) is 0. The number of nitrogen functional groups attached to an aromatic ring is 1. The van der Waals surface area contributed by atoms with E-state index in [1.54, 1.807) is 24.2 Å². The molecule has 0 fully saturated rings. The van der Waals surface area contributed by atoms with Crippen molar-refractivity contribution in [3.05, 3.63) is 36.0 Å². The van der Waals surface area contributed by atoms with Gasteiger partial charge in [-0.2, -0.15) is 0 Å². The second-order valence-electron chi connectivity index (χ2n) is 5.93. The smallest absolute Gasteiger partial charge is 0.187 e. The van der Waals surface area contributed by atoms with E-state index >= 15 is 0 Å². The molecule has 3 rings (SSSR count). The van der Waals surface area contributed by atoms with Crippen LogP contribution in [-0.4, -0.2) is 36.9 Å². The highest BCUT2D eigenvalue weighted by Gasteiger charge is 2.15. The molecule has 0 saturated heterocycles. The van der Waals surface area contributed by atoms with Gasteiger partial charge in [0.15, 0.2) is 11.0 Å². The van der Waals surface area contributed by atoms with Crippen molar-refractivity contribution in [1.82, 2.24) is 24.5 Å². The van der Waals surface area contributed by atoms with E-state index in [9.17, 15) is 0 Å². The number of ether oxygens (including phenoxy) is 1. The van der Waals surface area contributed by atoms with Gasteiger partial charge >= 0.3 is 0 Å². The summed E-state index contributed by atoms with van der Waals surface area (Å²) in [6, 6.07) is 1.83. The topological polar surface area (TPSA) is 91.7 Å². The fourth-order valence-electron chi connectivity index (χ4n) is 2.81. The summed E-state index contributed by atoms with van der Waals surface area (Å²) in [5, 5.41) is 0.826. The molecule has 26 heavy (non-hydrogen) atoms. The van der Waals surface area contributed by atoms with Crippen molar-refractivity contribution >= 4 is 28.6 Å². The number of unbranched alkanes of at least 4 members (excludes halogenated alkanes) is 1. The average molecular weight is 372 g/mol. The Bertz CT molecular complexity index is 852. The molecule has 0 aromatic carbocycles. The van der Waals surface area contributed by atoms with Gasteiger partial charge in [0.25, 0.3) is 0 Å². The SMILES string of the molecule is CCOCc1nc2c(N)ncc(C)c2n1CCCCSc1ncccn1. The Hall–Kier alpha value is -2.19. The van der Waals surface area contributed by atoms with Crippen LogP contribution < -0.4 is 5.73 Å². The number of rotatable bonds is 9. The minimum atomic E-state index is 0.471. The molecule has 3 aromatic rings. The van der Waals surface area contributed by atoms with Crippen LogP contribution in [0, 0.1) is 6.92 Å². The van der Waals surface area contributed by atoms with Crippen LogP contribution in [0.2, 0.25) is 0 Å². The molecular formula is C18H24N6OS. The van der Waals surface area contributed by atoms with Crippen LogP contribution in [0.15, 0.2) is 29.8 Å². The van der Waals surface area contributed by atoms with Gasteiger partial charge in [-0.3, -0.25) is 0 Å². The third-order valence-corrected chi connectivity index (χ3v) is 5.01. The Morgan fingerprint density at radius 2 is 2.00 bits per heavy atom. The number of nitrogens with zero attached hydrogens (tertiary/aromatic N) is 5. The van der Waals surface area contributed by atoms with Gasteiger partial charge in [-0.15, -0.1) is 0 Å². The number of aromatic nitrogens is 5. The summed E-state index contributed by atoms with van der Waals surface area (Å²) < 4.78 is 7.81. The number of imidazole rings is 1. The lowest BCUT2D eigenvalue weighted by Crippen LogP contribution is -2.07. The normalized spacial score (nSPS) is 11.3. The maximum Gasteiger partial charge on any atom is 0.187 e. The predicted octanol–water partition coefficient (Wildman–Crippen LogP) is 3.22. The number of aryl methyl sites for hydroxylation is 2. The maximum absolute atomic E-state index is 6.03. The van der Waals surface area contributed by atoms with Crippen molar-refractivity contribution < 1.29 is 4.74 Å². The minimum Gasteiger partial charge on any atom is -0.382 e. The number of anilines is 1. The van der Waals surface area contributed by atoms with Crippen LogP contribution in [0.1, 0.15) is 31.2 Å². The molecule has 0 radical (unpaired) electrons. The molecule has 0 atom stereocenters. The van der Waals surface area contributed by atoms with E-state index in [0.717, 1.165) is 52.7 Å². The Morgan fingerprint density at radius 1 is 1.19 bits per heavy atom. The van der Waals surface area contributed by atoms with Crippen molar-refractivity contribution in [3.8, 4) is 0 Å². The minimum absolute atomic E-state index is 0.471. The lowest BCUT2D eigenvalue weighted by Gasteiger charge is -2.10. The maximum atomic E-state index is 6.03. The Morgan fingerprint density at radius 3 is 2.77 bits per heavy atom. The van der Waals surface area contributed by atoms with Gasteiger partial charge in [0.05, 0.1) is 5.52 Å². The van der Waals surface area contributed by atoms with Crippen LogP contribution in [-0.2, 0) is 17.9 Å². The van der Waals surface area contributed by atoms with Crippen LogP contribution in [0.4, 0.5) is 5.82 Å². The molecule has 7 nitrogen and oxygen atoms in total. The van der Waals surface area contributed by atoms with Gasteiger partial charge in [0.1, 0.15) is 17.9 Å². The number of hydrogen-bond acceptors (Lipinski definition) is 7. The first-order valence-electron chi connectivity index (χ1n) is 8.78. The number of thioether (sulfide) groups is 1. The lowest BCUT2D eigenvalue weighted by atomic mass is 10.2. The fourth-order valence-corrected chi connectivity index (χ4v) is 3.61. The summed E-state index contributed by atoms with van der Waals surface area (Å²) in [4.78, 5) is 17.4. The van der Waals surface area contributed by atoms with Crippen LogP contribution in [0.25, 0.3) is 11.0 Å². The lowest BCUT2D eigenvalue weighted by molar-refractivity contribution is 0.126. The van der Waals surface area contributed by atoms with Crippen molar-refractivity contribution in [2.75, 3.05) is 18.1 Å². The van der Waals surface area contributed by atoms with Gasteiger partial charge in [-0.1, -0.05) is 11.8 Å². The summed E-state index contributed by atoms with van der Waals surface area (Å²) in [5.74, 6) is 2.36. The van der Waals surface area contributed by atoms with Crippen LogP contribution in [0.5, 0.6) is 0 Å². The van der Waals surface area contributed by atoms with Gasteiger partial charge in [-0.25, -0.2) is 19.9 Å². The zero-order chi connectivity index (χ0) is 18.4. The van der Waals surface area contributed by atoms with Crippen LogP contribution in [0.3, 0.4) is 0 Å². The molecule has 0 aliphatic heterocycles. The molecule has 3 aromatic heterocycles. The molecule has 138 valence electrons. The van der Waals surface area contributed by atoms with Crippen molar-refractivity contribution in [2.45, 2.75) is 45.0 Å². The highest BCUT2D eigenvalue weighted by molar-refractivity contribution is 7.99.